The van der Waals surface area contributed by atoms with Crippen LogP contribution in [0.4, 0.5) is 5.69 Å². The van der Waals surface area contributed by atoms with E-state index in [4.69, 9.17) is 21.1 Å². The highest BCUT2D eigenvalue weighted by Gasteiger charge is 2.28. The summed E-state index contributed by atoms with van der Waals surface area (Å²) in [6.07, 6.45) is 2.61. The van der Waals surface area contributed by atoms with Crippen LogP contribution < -0.4 is 14.8 Å². The van der Waals surface area contributed by atoms with Crippen LogP contribution in [-0.4, -0.2) is 68.1 Å². The van der Waals surface area contributed by atoms with Gasteiger partial charge in [-0.15, -0.1) is 0 Å². The van der Waals surface area contributed by atoms with E-state index in [1.165, 1.54) is 14.2 Å². The predicted molar refractivity (Wildman–Crippen MR) is 130 cm³/mol. The van der Waals surface area contributed by atoms with Crippen molar-refractivity contribution in [3.05, 3.63) is 53.1 Å². The highest BCUT2D eigenvalue weighted by molar-refractivity contribution is 6.32. The van der Waals surface area contributed by atoms with E-state index in [1.54, 1.807) is 12.1 Å². The van der Waals surface area contributed by atoms with Gasteiger partial charge in [0, 0.05) is 30.8 Å². The summed E-state index contributed by atoms with van der Waals surface area (Å²) in [6, 6.07) is 12.9. The number of benzene rings is 2. The molecule has 0 spiro atoms. The fraction of sp³-hybridized carbons (Fsp3) is 0.440. The molecule has 1 N–H and O–H groups in total. The number of halogens is 1. The lowest BCUT2D eigenvalue weighted by Crippen LogP contribution is -2.49. The molecule has 0 bridgehead atoms. The fourth-order valence-electron chi connectivity index (χ4n) is 4.21. The summed E-state index contributed by atoms with van der Waals surface area (Å²) < 4.78 is 10.6. The van der Waals surface area contributed by atoms with E-state index in [0.717, 1.165) is 25.8 Å². The van der Waals surface area contributed by atoms with E-state index in [1.807, 2.05) is 35.2 Å². The van der Waals surface area contributed by atoms with Gasteiger partial charge in [-0.25, -0.2) is 0 Å². The molecule has 8 heteroatoms. The van der Waals surface area contributed by atoms with Gasteiger partial charge < -0.3 is 19.7 Å². The van der Waals surface area contributed by atoms with Crippen LogP contribution in [0.2, 0.25) is 5.02 Å². The van der Waals surface area contributed by atoms with Crippen molar-refractivity contribution in [3.8, 4) is 11.5 Å². The van der Waals surface area contributed by atoms with Crippen LogP contribution in [0.25, 0.3) is 0 Å². The van der Waals surface area contributed by atoms with Crippen LogP contribution in [0.5, 0.6) is 11.5 Å². The maximum absolute atomic E-state index is 12.9. The van der Waals surface area contributed by atoms with Crippen molar-refractivity contribution in [2.24, 2.45) is 0 Å². The number of rotatable bonds is 9. The lowest BCUT2D eigenvalue weighted by molar-refractivity contribution is -0.118. The van der Waals surface area contributed by atoms with E-state index in [9.17, 15) is 9.59 Å². The number of amides is 2. The average molecular weight is 474 g/mol. The number of hydrogen-bond donors (Lipinski definition) is 1. The van der Waals surface area contributed by atoms with Crippen molar-refractivity contribution in [2.45, 2.75) is 32.2 Å². The molecule has 2 aromatic carbocycles. The minimum absolute atomic E-state index is 0.0670. The number of ether oxygens (including phenoxy) is 2. The number of piperidine rings is 1. The summed E-state index contributed by atoms with van der Waals surface area (Å²) in [4.78, 5) is 29.7. The highest BCUT2D eigenvalue weighted by Crippen LogP contribution is 2.35. The summed E-state index contributed by atoms with van der Waals surface area (Å²) in [5.74, 6) is 0.901. The van der Waals surface area contributed by atoms with E-state index >= 15 is 0 Å². The molecular formula is C25H32ClN3O4. The molecule has 1 heterocycles. The Morgan fingerprint density at radius 2 is 1.76 bits per heavy atom. The fourth-order valence-corrected chi connectivity index (χ4v) is 4.45. The van der Waals surface area contributed by atoms with Gasteiger partial charge in [0.1, 0.15) is 11.5 Å². The molecule has 178 valence electrons. The molecule has 1 saturated heterocycles. The maximum Gasteiger partial charge on any atom is 0.253 e. The molecule has 0 atom stereocenters. The van der Waals surface area contributed by atoms with Gasteiger partial charge >= 0.3 is 0 Å². The van der Waals surface area contributed by atoms with Crippen LogP contribution >= 0.6 is 11.6 Å². The maximum atomic E-state index is 12.9. The lowest BCUT2D eigenvalue weighted by atomic mass is 10.0. The normalized spacial score (nSPS) is 14.3. The lowest BCUT2D eigenvalue weighted by Gasteiger charge is -2.38. The first kappa shape index (κ1) is 24.9. The summed E-state index contributed by atoms with van der Waals surface area (Å²) >= 11 is 6.23. The standard InChI is InChI=1S/C25H32ClN3O4/c1-4-12-29(17-24(30)27-21-15-20(26)22(32-2)16-23(21)33-3)19-10-13-28(14-11-19)25(31)18-8-6-5-7-9-18/h5-9,15-16,19H,4,10-14,17H2,1-3H3,(H,27,30). The van der Waals surface area contributed by atoms with Gasteiger partial charge in [-0.2, -0.15) is 0 Å². The molecule has 2 amide bonds. The Bertz CT molecular complexity index is 946. The zero-order valence-corrected chi connectivity index (χ0v) is 20.2. The van der Waals surface area contributed by atoms with Crippen molar-refractivity contribution in [3.63, 3.8) is 0 Å². The predicted octanol–water partition coefficient (Wildman–Crippen LogP) is 4.31. The molecule has 0 saturated carbocycles. The van der Waals surface area contributed by atoms with E-state index in [2.05, 4.69) is 17.1 Å². The number of nitrogens with one attached hydrogen (secondary N) is 1. The van der Waals surface area contributed by atoms with Gasteiger partial charge in [-0.1, -0.05) is 36.7 Å². The molecular weight excluding hydrogens is 442 g/mol. The number of hydrogen-bond acceptors (Lipinski definition) is 5. The molecule has 7 nitrogen and oxygen atoms in total. The SMILES string of the molecule is CCCN(CC(=O)Nc1cc(Cl)c(OC)cc1OC)C1CCN(C(=O)c2ccccc2)CC1. The molecule has 0 aromatic heterocycles. The van der Waals surface area contributed by atoms with Crippen molar-refractivity contribution < 1.29 is 19.1 Å². The monoisotopic (exact) mass is 473 g/mol. The van der Waals surface area contributed by atoms with Gasteiger partial charge in [0.2, 0.25) is 5.91 Å². The number of methoxy groups -OCH3 is 2. The first-order chi connectivity index (χ1) is 16.0. The molecule has 3 rings (SSSR count). The smallest absolute Gasteiger partial charge is 0.253 e. The first-order valence-electron chi connectivity index (χ1n) is 11.3. The number of carbonyl (C=O) groups excluding carboxylic acids is 2. The highest BCUT2D eigenvalue weighted by atomic mass is 35.5. The Kier molecular flexibility index (Phi) is 8.97. The second-order valence-electron chi connectivity index (χ2n) is 8.10. The van der Waals surface area contributed by atoms with Crippen molar-refractivity contribution in [2.75, 3.05) is 45.7 Å². The van der Waals surface area contributed by atoms with Crippen LogP contribution in [0.3, 0.4) is 0 Å². The molecule has 33 heavy (non-hydrogen) atoms. The Hall–Kier alpha value is -2.77. The van der Waals surface area contributed by atoms with E-state index < -0.39 is 0 Å². The third-order valence-electron chi connectivity index (χ3n) is 5.89. The molecule has 0 aliphatic carbocycles. The Morgan fingerprint density at radius 1 is 1.09 bits per heavy atom. The largest absolute Gasteiger partial charge is 0.495 e. The van der Waals surface area contributed by atoms with Gasteiger partial charge in [0.15, 0.2) is 0 Å². The zero-order chi connectivity index (χ0) is 23.8. The Balaban J connectivity index is 1.60. The van der Waals surface area contributed by atoms with E-state index in [-0.39, 0.29) is 24.4 Å². The third kappa shape index (κ3) is 6.39. The number of anilines is 1. The molecule has 1 aliphatic rings. The Labute approximate surface area is 200 Å². The van der Waals surface area contributed by atoms with Crippen LogP contribution in [0.1, 0.15) is 36.5 Å². The Morgan fingerprint density at radius 3 is 2.36 bits per heavy atom. The van der Waals surface area contributed by atoms with Crippen LogP contribution in [0.15, 0.2) is 42.5 Å². The van der Waals surface area contributed by atoms with Gasteiger partial charge in [0.25, 0.3) is 5.91 Å². The average Bonchev–Trinajstić information content (AvgIpc) is 2.84. The number of likely N-dealkylation sites (tertiary alicyclic amines) is 1. The minimum Gasteiger partial charge on any atom is -0.495 e. The van der Waals surface area contributed by atoms with Crippen LogP contribution in [-0.2, 0) is 4.79 Å². The van der Waals surface area contributed by atoms with Crippen LogP contribution in [0, 0.1) is 0 Å². The molecule has 0 radical (unpaired) electrons. The summed E-state index contributed by atoms with van der Waals surface area (Å²) in [5.41, 5.74) is 1.22. The van der Waals surface area contributed by atoms with E-state index in [0.29, 0.717) is 40.9 Å². The minimum atomic E-state index is -0.134. The number of nitrogens with zero attached hydrogens (tertiary/aromatic N) is 2. The molecule has 2 aromatic rings. The topological polar surface area (TPSA) is 71.1 Å². The third-order valence-corrected chi connectivity index (χ3v) is 6.19. The second-order valence-corrected chi connectivity index (χ2v) is 8.50. The molecule has 0 unspecified atom stereocenters. The zero-order valence-electron chi connectivity index (χ0n) is 19.5. The summed E-state index contributed by atoms with van der Waals surface area (Å²) in [7, 11) is 3.06. The summed E-state index contributed by atoms with van der Waals surface area (Å²) in [6.45, 7) is 4.54. The van der Waals surface area contributed by atoms with Crippen molar-refractivity contribution in [1.82, 2.24) is 9.80 Å². The van der Waals surface area contributed by atoms with Crippen molar-refractivity contribution >= 4 is 29.1 Å². The van der Waals surface area contributed by atoms with Crippen molar-refractivity contribution in [1.29, 1.82) is 0 Å². The molecule has 1 aliphatic heterocycles. The second kappa shape index (κ2) is 11.9. The van der Waals surface area contributed by atoms with Gasteiger partial charge in [0.05, 0.1) is 31.5 Å². The number of carbonyl (C=O) groups is 2. The van der Waals surface area contributed by atoms with Gasteiger partial charge in [-0.3, -0.25) is 14.5 Å². The molecule has 1 fully saturated rings. The van der Waals surface area contributed by atoms with Gasteiger partial charge in [-0.05, 0) is 44.0 Å². The quantitative estimate of drug-likeness (QED) is 0.587. The first-order valence-corrected chi connectivity index (χ1v) is 11.6. The summed E-state index contributed by atoms with van der Waals surface area (Å²) in [5, 5.41) is 3.32.